The van der Waals surface area contributed by atoms with Crippen LogP contribution in [0.5, 0.6) is 0 Å². The predicted octanol–water partition coefficient (Wildman–Crippen LogP) is 1.63. The molecule has 1 saturated heterocycles. The molecule has 1 aliphatic heterocycles. The zero-order valence-corrected chi connectivity index (χ0v) is 11.0. The number of nitrogens with one attached hydrogen (secondary N) is 1. The first kappa shape index (κ1) is 13.6. The van der Waals surface area contributed by atoms with E-state index < -0.39 is 11.7 Å². The molecule has 94 valence electrons. The van der Waals surface area contributed by atoms with Crippen molar-refractivity contribution < 1.29 is 14.6 Å². The standard InChI is InChI=1S/C11H21NO3S/c1-11(2,3)15-10(14)12-9-7-16-5-4-8(9)6-13/h8-9,13H,4-7H2,1-3H3,(H,12,14)/t8-,9+/m0/s1. The first-order valence-electron chi connectivity index (χ1n) is 5.60. The van der Waals surface area contributed by atoms with Crippen LogP contribution in [0.2, 0.25) is 0 Å². The molecular formula is C11H21NO3S. The second-order valence-electron chi connectivity index (χ2n) is 5.06. The number of alkyl carbamates (subject to hydrolysis) is 1. The van der Waals surface area contributed by atoms with Gasteiger partial charge < -0.3 is 15.2 Å². The van der Waals surface area contributed by atoms with Crippen molar-refractivity contribution in [3.05, 3.63) is 0 Å². The number of hydrogen-bond donors (Lipinski definition) is 2. The van der Waals surface area contributed by atoms with E-state index in [-0.39, 0.29) is 18.6 Å². The molecule has 4 nitrogen and oxygen atoms in total. The van der Waals surface area contributed by atoms with Gasteiger partial charge in [0.05, 0.1) is 0 Å². The summed E-state index contributed by atoms with van der Waals surface area (Å²) in [5, 5.41) is 12.0. The number of thioether (sulfide) groups is 1. The molecule has 1 aliphatic rings. The van der Waals surface area contributed by atoms with E-state index in [0.717, 1.165) is 17.9 Å². The van der Waals surface area contributed by atoms with Crippen molar-refractivity contribution in [1.82, 2.24) is 5.32 Å². The number of carbonyl (C=O) groups excluding carboxylic acids is 1. The van der Waals surface area contributed by atoms with E-state index in [0.29, 0.717) is 0 Å². The quantitative estimate of drug-likeness (QED) is 0.778. The van der Waals surface area contributed by atoms with E-state index in [9.17, 15) is 9.90 Å². The van der Waals surface area contributed by atoms with Crippen LogP contribution < -0.4 is 5.32 Å². The number of hydrogen-bond acceptors (Lipinski definition) is 4. The molecule has 0 saturated carbocycles. The molecule has 5 heteroatoms. The summed E-state index contributed by atoms with van der Waals surface area (Å²) in [5.74, 6) is 2.07. The summed E-state index contributed by atoms with van der Waals surface area (Å²) in [6.07, 6.45) is 0.556. The van der Waals surface area contributed by atoms with E-state index in [2.05, 4.69) is 5.32 Å². The fourth-order valence-corrected chi connectivity index (χ4v) is 2.86. The van der Waals surface area contributed by atoms with Gasteiger partial charge in [-0.15, -0.1) is 0 Å². The van der Waals surface area contributed by atoms with Crippen molar-refractivity contribution in [3.63, 3.8) is 0 Å². The molecule has 0 radical (unpaired) electrons. The zero-order valence-electron chi connectivity index (χ0n) is 10.2. The van der Waals surface area contributed by atoms with Gasteiger partial charge in [0.2, 0.25) is 0 Å². The molecule has 2 atom stereocenters. The van der Waals surface area contributed by atoms with E-state index in [4.69, 9.17) is 4.74 Å². The molecule has 0 aromatic carbocycles. The first-order valence-corrected chi connectivity index (χ1v) is 6.76. The smallest absolute Gasteiger partial charge is 0.407 e. The molecule has 0 aliphatic carbocycles. The van der Waals surface area contributed by atoms with Gasteiger partial charge in [-0.2, -0.15) is 11.8 Å². The highest BCUT2D eigenvalue weighted by Gasteiger charge is 2.27. The van der Waals surface area contributed by atoms with Crippen molar-refractivity contribution >= 4 is 17.9 Å². The third-order valence-corrected chi connectivity index (χ3v) is 3.56. The maximum atomic E-state index is 11.6. The molecule has 0 spiro atoms. The lowest BCUT2D eigenvalue weighted by Crippen LogP contribution is -2.47. The van der Waals surface area contributed by atoms with Crippen LogP contribution >= 0.6 is 11.8 Å². The highest BCUT2D eigenvalue weighted by atomic mass is 32.2. The Balaban J connectivity index is 2.42. The Morgan fingerprint density at radius 2 is 2.25 bits per heavy atom. The van der Waals surface area contributed by atoms with Crippen molar-refractivity contribution in [3.8, 4) is 0 Å². The molecule has 0 bridgehead atoms. The summed E-state index contributed by atoms with van der Waals surface area (Å²) in [5.41, 5.74) is -0.472. The molecule has 16 heavy (non-hydrogen) atoms. The topological polar surface area (TPSA) is 58.6 Å². The van der Waals surface area contributed by atoms with Gasteiger partial charge in [-0.1, -0.05) is 0 Å². The highest BCUT2D eigenvalue weighted by molar-refractivity contribution is 7.99. The van der Waals surface area contributed by atoms with Crippen molar-refractivity contribution in [2.75, 3.05) is 18.1 Å². The van der Waals surface area contributed by atoms with E-state index in [1.54, 1.807) is 11.8 Å². The minimum atomic E-state index is -0.472. The summed E-state index contributed by atoms with van der Waals surface area (Å²) in [7, 11) is 0. The van der Waals surface area contributed by atoms with Gasteiger partial charge in [0.25, 0.3) is 0 Å². The Morgan fingerprint density at radius 3 is 2.81 bits per heavy atom. The van der Waals surface area contributed by atoms with E-state index in [1.165, 1.54) is 0 Å². The molecule has 1 heterocycles. The van der Waals surface area contributed by atoms with Crippen LogP contribution in [0.3, 0.4) is 0 Å². The second kappa shape index (κ2) is 5.77. The van der Waals surface area contributed by atoms with Gasteiger partial charge >= 0.3 is 6.09 Å². The van der Waals surface area contributed by atoms with Crippen molar-refractivity contribution in [2.45, 2.75) is 38.8 Å². The van der Waals surface area contributed by atoms with Crippen LogP contribution in [0.1, 0.15) is 27.2 Å². The van der Waals surface area contributed by atoms with Gasteiger partial charge in [-0.05, 0) is 32.9 Å². The molecule has 0 aromatic rings. The summed E-state index contributed by atoms with van der Waals surface area (Å²) in [6.45, 7) is 5.64. The molecule has 0 aromatic heterocycles. The van der Waals surface area contributed by atoms with Gasteiger partial charge in [0.15, 0.2) is 0 Å². The number of amides is 1. The average molecular weight is 247 g/mol. The normalized spacial score (nSPS) is 26.2. The number of ether oxygens (including phenoxy) is 1. The molecular weight excluding hydrogens is 226 g/mol. The lowest BCUT2D eigenvalue weighted by molar-refractivity contribution is 0.0478. The van der Waals surface area contributed by atoms with Crippen molar-refractivity contribution in [1.29, 1.82) is 0 Å². The number of rotatable bonds is 2. The summed E-state index contributed by atoms with van der Waals surface area (Å²) in [4.78, 5) is 11.6. The van der Waals surface area contributed by atoms with Crippen LogP contribution in [0.15, 0.2) is 0 Å². The van der Waals surface area contributed by atoms with Crippen LogP contribution in [-0.2, 0) is 4.74 Å². The fraction of sp³-hybridized carbons (Fsp3) is 0.909. The number of aliphatic hydroxyl groups excluding tert-OH is 1. The number of aliphatic hydroxyl groups is 1. The Hall–Kier alpha value is -0.420. The monoisotopic (exact) mass is 247 g/mol. The Labute approximate surface area is 101 Å². The predicted molar refractivity (Wildman–Crippen MR) is 65.7 cm³/mol. The summed E-state index contributed by atoms with van der Waals surface area (Å²) < 4.78 is 5.19. The van der Waals surface area contributed by atoms with Gasteiger partial charge in [0.1, 0.15) is 5.60 Å². The zero-order chi connectivity index (χ0) is 12.2. The lowest BCUT2D eigenvalue weighted by atomic mass is 9.99. The minimum absolute atomic E-state index is 0.0265. The third-order valence-electron chi connectivity index (χ3n) is 2.44. The SMILES string of the molecule is CC(C)(C)OC(=O)N[C@@H]1CSCC[C@H]1CO. The van der Waals surface area contributed by atoms with E-state index >= 15 is 0 Å². The Morgan fingerprint density at radius 1 is 1.56 bits per heavy atom. The van der Waals surface area contributed by atoms with Crippen LogP contribution in [0.4, 0.5) is 4.79 Å². The summed E-state index contributed by atoms with van der Waals surface area (Å²) in [6, 6.07) is 0.0265. The van der Waals surface area contributed by atoms with Crippen molar-refractivity contribution in [2.24, 2.45) is 5.92 Å². The van der Waals surface area contributed by atoms with E-state index in [1.807, 2.05) is 20.8 Å². The van der Waals surface area contributed by atoms with Gasteiger partial charge in [0, 0.05) is 24.3 Å². The summed E-state index contributed by atoms with van der Waals surface area (Å²) >= 11 is 1.80. The minimum Gasteiger partial charge on any atom is -0.444 e. The molecule has 1 rings (SSSR count). The molecule has 2 N–H and O–H groups in total. The van der Waals surface area contributed by atoms with Crippen LogP contribution in [0, 0.1) is 5.92 Å². The molecule has 1 amide bonds. The highest BCUT2D eigenvalue weighted by Crippen LogP contribution is 2.23. The number of carbonyl (C=O) groups is 1. The maximum absolute atomic E-state index is 11.6. The third kappa shape index (κ3) is 4.61. The molecule has 0 unspecified atom stereocenters. The fourth-order valence-electron chi connectivity index (χ4n) is 1.62. The maximum Gasteiger partial charge on any atom is 0.407 e. The van der Waals surface area contributed by atoms with Crippen LogP contribution in [-0.4, -0.2) is 41.0 Å². The van der Waals surface area contributed by atoms with Crippen LogP contribution in [0.25, 0.3) is 0 Å². The van der Waals surface area contributed by atoms with Gasteiger partial charge in [-0.3, -0.25) is 0 Å². The largest absolute Gasteiger partial charge is 0.444 e. The second-order valence-corrected chi connectivity index (χ2v) is 6.21. The lowest BCUT2D eigenvalue weighted by Gasteiger charge is -2.31. The Bertz CT molecular complexity index is 240. The molecule has 1 fully saturated rings. The average Bonchev–Trinajstić information content (AvgIpc) is 2.15. The first-order chi connectivity index (χ1) is 7.42. The Kier molecular flexibility index (Phi) is 4.92. The van der Waals surface area contributed by atoms with Gasteiger partial charge in [-0.25, -0.2) is 4.79 Å².